The highest BCUT2D eigenvalue weighted by molar-refractivity contribution is 9.10. The summed E-state index contributed by atoms with van der Waals surface area (Å²) in [5.41, 5.74) is 4.35. The third-order valence-electron chi connectivity index (χ3n) is 3.85. The second kappa shape index (κ2) is 5.04. The summed E-state index contributed by atoms with van der Waals surface area (Å²) in [6.07, 6.45) is 3.43. The Hall–Kier alpha value is -1.22. The van der Waals surface area contributed by atoms with E-state index in [-0.39, 0.29) is 5.92 Å². The summed E-state index contributed by atoms with van der Waals surface area (Å²) >= 11 is 3.52. The van der Waals surface area contributed by atoms with Crippen molar-refractivity contribution in [1.82, 2.24) is 0 Å². The third kappa shape index (κ3) is 2.44. The van der Waals surface area contributed by atoms with Crippen molar-refractivity contribution in [2.75, 3.05) is 0 Å². The first-order chi connectivity index (χ1) is 9.15. The van der Waals surface area contributed by atoms with Crippen LogP contribution >= 0.6 is 15.9 Å². The van der Waals surface area contributed by atoms with E-state index >= 15 is 0 Å². The SMILES string of the molecule is CC1=NC2=C(C(=O)CCC2)C(c2cccc(Br)c2)C1. The van der Waals surface area contributed by atoms with Gasteiger partial charge in [0.15, 0.2) is 5.78 Å². The number of nitrogens with zero attached hydrogens (tertiary/aromatic N) is 1. The van der Waals surface area contributed by atoms with E-state index in [4.69, 9.17) is 0 Å². The van der Waals surface area contributed by atoms with Crippen LogP contribution in [0.25, 0.3) is 0 Å². The van der Waals surface area contributed by atoms with Crippen LogP contribution in [0.3, 0.4) is 0 Å². The number of halogens is 1. The zero-order valence-corrected chi connectivity index (χ0v) is 12.5. The Morgan fingerprint density at radius 1 is 1.32 bits per heavy atom. The lowest BCUT2D eigenvalue weighted by Gasteiger charge is -2.29. The first kappa shape index (κ1) is 12.8. The van der Waals surface area contributed by atoms with Gasteiger partial charge in [0.25, 0.3) is 0 Å². The van der Waals surface area contributed by atoms with E-state index in [2.05, 4.69) is 40.0 Å². The van der Waals surface area contributed by atoms with Crippen LogP contribution in [0.5, 0.6) is 0 Å². The molecule has 0 aromatic heterocycles. The maximum atomic E-state index is 12.3. The molecule has 1 aliphatic carbocycles. The number of ketones is 1. The van der Waals surface area contributed by atoms with Gasteiger partial charge in [0.1, 0.15) is 0 Å². The number of aliphatic imine (C=N–C) groups is 1. The number of Topliss-reactive ketones (excluding diaryl/α,β-unsaturated/α-hetero) is 1. The summed E-state index contributed by atoms with van der Waals surface area (Å²) in [4.78, 5) is 16.9. The summed E-state index contributed by atoms with van der Waals surface area (Å²) in [7, 11) is 0. The summed E-state index contributed by atoms with van der Waals surface area (Å²) in [5, 5.41) is 0. The highest BCUT2D eigenvalue weighted by atomic mass is 79.9. The largest absolute Gasteiger partial charge is 0.294 e. The van der Waals surface area contributed by atoms with Gasteiger partial charge in [-0.1, -0.05) is 28.1 Å². The Labute approximate surface area is 121 Å². The van der Waals surface area contributed by atoms with Crippen molar-refractivity contribution in [3.8, 4) is 0 Å². The molecule has 0 fully saturated rings. The minimum atomic E-state index is 0.192. The topological polar surface area (TPSA) is 29.4 Å². The van der Waals surface area contributed by atoms with E-state index in [0.29, 0.717) is 12.2 Å². The molecule has 98 valence electrons. The fourth-order valence-corrected chi connectivity index (χ4v) is 3.46. The number of carbonyl (C=O) groups is 1. The van der Waals surface area contributed by atoms with Gasteiger partial charge in [-0.15, -0.1) is 0 Å². The average molecular weight is 318 g/mol. The van der Waals surface area contributed by atoms with Crippen LogP contribution in [0.4, 0.5) is 0 Å². The van der Waals surface area contributed by atoms with E-state index in [9.17, 15) is 4.79 Å². The van der Waals surface area contributed by atoms with E-state index in [1.807, 2.05) is 12.1 Å². The molecule has 0 N–H and O–H groups in total. The number of carbonyl (C=O) groups excluding carboxylic acids is 1. The van der Waals surface area contributed by atoms with Gasteiger partial charge in [-0.25, -0.2) is 0 Å². The van der Waals surface area contributed by atoms with Gasteiger partial charge < -0.3 is 0 Å². The fourth-order valence-electron chi connectivity index (χ4n) is 3.04. The molecule has 0 bridgehead atoms. The molecule has 3 heteroatoms. The molecule has 1 unspecified atom stereocenters. The van der Waals surface area contributed by atoms with Crippen LogP contribution < -0.4 is 0 Å². The van der Waals surface area contributed by atoms with Crippen molar-refractivity contribution in [2.45, 2.75) is 38.5 Å². The van der Waals surface area contributed by atoms with Crippen molar-refractivity contribution >= 4 is 27.4 Å². The maximum Gasteiger partial charge on any atom is 0.161 e. The molecule has 2 nitrogen and oxygen atoms in total. The smallest absolute Gasteiger partial charge is 0.161 e. The predicted molar refractivity (Wildman–Crippen MR) is 80.5 cm³/mol. The highest BCUT2D eigenvalue weighted by Gasteiger charge is 2.31. The average Bonchev–Trinajstić information content (AvgIpc) is 2.37. The van der Waals surface area contributed by atoms with Gasteiger partial charge >= 0.3 is 0 Å². The minimum Gasteiger partial charge on any atom is -0.294 e. The monoisotopic (exact) mass is 317 g/mol. The van der Waals surface area contributed by atoms with Gasteiger partial charge in [0.2, 0.25) is 0 Å². The van der Waals surface area contributed by atoms with E-state index < -0.39 is 0 Å². The number of benzene rings is 1. The molecule has 1 aromatic carbocycles. The highest BCUT2D eigenvalue weighted by Crippen LogP contribution is 2.40. The molecule has 0 radical (unpaired) electrons. The molecule has 1 aliphatic heterocycles. The van der Waals surface area contributed by atoms with Crippen LogP contribution in [0, 0.1) is 0 Å². The molecular formula is C16H16BrNO. The molecule has 2 aliphatic rings. The zero-order chi connectivity index (χ0) is 13.4. The first-order valence-corrected chi connectivity index (χ1v) is 7.50. The summed E-state index contributed by atoms with van der Waals surface area (Å²) in [6.45, 7) is 2.06. The summed E-state index contributed by atoms with van der Waals surface area (Å²) in [6, 6.07) is 8.29. The van der Waals surface area contributed by atoms with Crippen molar-refractivity contribution in [2.24, 2.45) is 4.99 Å². The molecule has 0 saturated heterocycles. The first-order valence-electron chi connectivity index (χ1n) is 6.71. The Bertz CT molecular complexity index is 601. The van der Waals surface area contributed by atoms with Crippen molar-refractivity contribution in [3.05, 3.63) is 45.6 Å². The molecule has 1 aromatic rings. The lowest BCUT2D eigenvalue weighted by molar-refractivity contribution is -0.116. The van der Waals surface area contributed by atoms with Gasteiger partial charge in [-0.2, -0.15) is 0 Å². The van der Waals surface area contributed by atoms with E-state index in [0.717, 1.165) is 40.7 Å². The lowest BCUT2D eigenvalue weighted by atomic mass is 9.78. The molecule has 0 amide bonds. The summed E-state index contributed by atoms with van der Waals surface area (Å²) < 4.78 is 1.07. The van der Waals surface area contributed by atoms with Crippen LogP contribution in [0.2, 0.25) is 0 Å². The van der Waals surface area contributed by atoms with Crippen LogP contribution in [-0.4, -0.2) is 11.5 Å². The summed E-state index contributed by atoms with van der Waals surface area (Å²) in [5.74, 6) is 0.486. The molecular weight excluding hydrogens is 302 g/mol. The number of hydrogen-bond donors (Lipinski definition) is 0. The van der Waals surface area contributed by atoms with Gasteiger partial charge in [-0.05, 0) is 43.9 Å². The Balaban J connectivity index is 2.09. The van der Waals surface area contributed by atoms with Crippen LogP contribution in [0.15, 0.2) is 45.0 Å². The number of allylic oxidation sites excluding steroid dienone is 2. The number of hydrogen-bond acceptors (Lipinski definition) is 2. The van der Waals surface area contributed by atoms with Crippen LogP contribution in [0.1, 0.15) is 44.1 Å². The van der Waals surface area contributed by atoms with Crippen LogP contribution in [-0.2, 0) is 4.79 Å². The Kier molecular flexibility index (Phi) is 3.40. The van der Waals surface area contributed by atoms with Gasteiger partial charge in [0.05, 0.1) is 0 Å². The van der Waals surface area contributed by atoms with Crippen molar-refractivity contribution in [1.29, 1.82) is 0 Å². The second-order valence-corrected chi connectivity index (χ2v) is 6.21. The Morgan fingerprint density at radius 3 is 2.95 bits per heavy atom. The predicted octanol–water partition coefficient (Wildman–Crippen LogP) is 4.40. The molecule has 3 rings (SSSR count). The zero-order valence-electron chi connectivity index (χ0n) is 10.9. The molecule has 1 atom stereocenters. The lowest BCUT2D eigenvalue weighted by Crippen LogP contribution is -2.23. The standard InChI is InChI=1S/C16H16BrNO/c1-10-8-13(11-4-2-5-12(17)9-11)16-14(18-10)6-3-7-15(16)19/h2,4-5,9,13H,3,6-8H2,1H3. The van der Waals surface area contributed by atoms with Gasteiger partial charge in [0, 0.05) is 33.8 Å². The van der Waals surface area contributed by atoms with Crippen molar-refractivity contribution in [3.63, 3.8) is 0 Å². The fraction of sp³-hybridized carbons (Fsp3) is 0.375. The normalized spacial score (nSPS) is 23.2. The van der Waals surface area contributed by atoms with E-state index in [1.54, 1.807) is 0 Å². The molecule has 0 spiro atoms. The molecule has 0 saturated carbocycles. The Morgan fingerprint density at radius 2 is 2.16 bits per heavy atom. The van der Waals surface area contributed by atoms with Gasteiger partial charge in [-0.3, -0.25) is 9.79 Å². The maximum absolute atomic E-state index is 12.3. The second-order valence-electron chi connectivity index (χ2n) is 5.30. The third-order valence-corrected chi connectivity index (χ3v) is 4.35. The van der Waals surface area contributed by atoms with Crippen molar-refractivity contribution < 1.29 is 4.79 Å². The molecule has 19 heavy (non-hydrogen) atoms. The number of rotatable bonds is 1. The van der Waals surface area contributed by atoms with E-state index in [1.165, 1.54) is 5.56 Å². The minimum absolute atomic E-state index is 0.192. The quantitative estimate of drug-likeness (QED) is 0.754. The molecule has 1 heterocycles.